The van der Waals surface area contributed by atoms with Gasteiger partial charge in [0.1, 0.15) is 11.6 Å². The number of hydrogen-bond donors (Lipinski definition) is 1. The molecule has 0 unspecified atom stereocenters. The molecule has 0 aromatic carbocycles. The Labute approximate surface area is 91.6 Å². The molecule has 0 aliphatic carbocycles. The van der Waals surface area contributed by atoms with Crippen molar-refractivity contribution in [3.63, 3.8) is 0 Å². The van der Waals surface area contributed by atoms with Crippen LogP contribution in [0.3, 0.4) is 0 Å². The van der Waals surface area contributed by atoms with E-state index in [9.17, 15) is 13.2 Å². The first-order valence-electron chi connectivity index (χ1n) is 4.97. The molecule has 0 spiro atoms. The van der Waals surface area contributed by atoms with Crippen molar-refractivity contribution in [2.45, 2.75) is 26.1 Å². The first-order valence-corrected chi connectivity index (χ1v) is 4.97. The largest absolute Gasteiger partial charge is 0.573 e. The zero-order valence-electron chi connectivity index (χ0n) is 8.84. The van der Waals surface area contributed by atoms with Gasteiger partial charge in [0, 0.05) is 6.54 Å². The highest BCUT2D eigenvalue weighted by Gasteiger charge is 2.31. The van der Waals surface area contributed by atoms with Gasteiger partial charge in [-0.15, -0.1) is 13.2 Å². The second-order valence-electron chi connectivity index (χ2n) is 3.21. The van der Waals surface area contributed by atoms with Crippen molar-refractivity contribution in [2.24, 2.45) is 0 Å². The normalized spacial score (nSPS) is 11.2. The number of ether oxygens (including phenoxy) is 1. The van der Waals surface area contributed by atoms with E-state index in [1.54, 1.807) is 0 Å². The standard InChI is InChI=1S/C10H13F3N2O/c1-2-3-6-14-9-5-4-8(7-15-9)16-10(11,12)13/h4-5,7H,2-3,6H2,1H3,(H,14,15). The number of hydrogen-bond acceptors (Lipinski definition) is 3. The Morgan fingerprint density at radius 1 is 1.38 bits per heavy atom. The molecule has 0 atom stereocenters. The van der Waals surface area contributed by atoms with Crippen LogP contribution < -0.4 is 10.1 Å². The average Bonchev–Trinajstić information content (AvgIpc) is 2.19. The molecule has 1 heterocycles. The van der Waals surface area contributed by atoms with Crippen LogP contribution >= 0.6 is 0 Å². The number of nitrogens with one attached hydrogen (secondary N) is 1. The van der Waals surface area contributed by atoms with Crippen LogP contribution in [0.5, 0.6) is 5.75 Å². The molecular formula is C10H13F3N2O. The van der Waals surface area contributed by atoms with E-state index in [1.807, 2.05) is 0 Å². The van der Waals surface area contributed by atoms with Crippen LogP contribution in [0, 0.1) is 0 Å². The zero-order chi connectivity index (χ0) is 12.0. The Hall–Kier alpha value is -1.46. The first kappa shape index (κ1) is 12.6. The molecule has 0 radical (unpaired) electrons. The maximum atomic E-state index is 11.8. The second kappa shape index (κ2) is 5.58. The first-order chi connectivity index (χ1) is 7.51. The number of nitrogens with zero attached hydrogens (tertiary/aromatic N) is 1. The highest BCUT2D eigenvalue weighted by atomic mass is 19.4. The topological polar surface area (TPSA) is 34.1 Å². The number of unbranched alkanes of at least 4 members (excludes halogenated alkanes) is 1. The molecule has 1 rings (SSSR count). The SMILES string of the molecule is CCCCNc1ccc(OC(F)(F)F)cn1. The van der Waals surface area contributed by atoms with E-state index in [0.29, 0.717) is 5.82 Å². The summed E-state index contributed by atoms with van der Waals surface area (Å²) in [6, 6.07) is 2.69. The monoisotopic (exact) mass is 234 g/mol. The van der Waals surface area contributed by atoms with Crippen LogP contribution in [0.2, 0.25) is 0 Å². The van der Waals surface area contributed by atoms with Crippen LogP contribution in [0.4, 0.5) is 19.0 Å². The summed E-state index contributed by atoms with van der Waals surface area (Å²) < 4.78 is 39.2. The summed E-state index contributed by atoms with van der Waals surface area (Å²) in [7, 11) is 0. The molecule has 0 amide bonds. The molecule has 1 aromatic rings. The van der Waals surface area contributed by atoms with E-state index in [4.69, 9.17) is 0 Å². The summed E-state index contributed by atoms with van der Waals surface area (Å²) in [6.07, 6.45) is -1.59. The third kappa shape index (κ3) is 4.86. The Kier molecular flexibility index (Phi) is 4.39. The van der Waals surface area contributed by atoms with Crippen molar-refractivity contribution in [1.29, 1.82) is 0 Å². The van der Waals surface area contributed by atoms with Crippen molar-refractivity contribution < 1.29 is 17.9 Å². The molecule has 1 aromatic heterocycles. The fourth-order valence-electron chi connectivity index (χ4n) is 1.07. The molecule has 0 fully saturated rings. The average molecular weight is 234 g/mol. The molecule has 16 heavy (non-hydrogen) atoms. The fourth-order valence-corrected chi connectivity index (χ4v) is 1.07. The van der Waals surface area contributed by atoms with Gasteiger partial charge in [-0.1, -0.05) is 13.3 Å². The summed E-state index contributed by atoms with van der Waals surface area (Å²) in [4.78, 5) is 3.80. The summed E-state index contributed by atoms with van der Waals surface area (Å²) in [5, 5.41) is 2.99. The van der Waals surface area contributed by atoms with Gasteiger partial charge in [-0.3, -0.25) is 0 Å². The molecule has 0 aliphatic rings. The predicted octanol–water partition coefficient (Wildman–Crippen LogP) is 3.19. The molecule has 0 saturated heterocycles. The number of aromatic nitrogens is 1. The summed E-state index contributed by atoms with van der Waals surface area (Å²) in [5.74, 6) is 0.233. The molecule has 90 valence electrons. The van der Waals surface area contributed by atoms with Crippen molar-refractivity contribution in [1.82, 2.24) is 4.98 Å². The molecule has 0 bridgehead atoms. The van der Waals surface area contributed by atoms with E-state index in [2.05, 4.69) is 22.0 Å². The lowest BCUT2D eigenvalue weighted by molar-refractivity contribution is -0.274. The molecule has 3 nitrogen and oxygen atoms in total. The number of halogens is 3. The highest BCUT2D eigenvalue weighted by molar-refractivity contribution is 5.37. The van der Waals surface area contributed by atoms with Crippen molar-refractivity contribution >= 4 is 5.82 Å². The molecule has 1 N–H and O–H groups in total. The number of pyridine rings is 1. The van der Waals surface area contributed by atoms with E-state index >= 15 is 0 Å². The summed E-state index contributed by atoms with van der Waals surface area (Å²) in [6.45, 7) is 2.80. The third-order valence-corrected chi connectivity index (χ3v) is 1.81. The third-order valence-electron chi connectivity index (χ3n) is 1.81. The molecular weight excluding hydrogens is 221 g/mol. The van der Waals surface area contributed by atoms with Crippen LogP contribution in [0.1, 0.15) is 19.8 Å². The van der Waals surface area contributed by atoms with Crippen LogP contribution in [-0.4, -0.2) is 17.9 Å². The zero-order valence-corrected chi connectivity index (χ0v) is 8.84. The van der Waals surface area contributed by atoms with E-state index in [1.165, 1.54) is 12.1 Å². The second-order valence-corrected chi connectivity index (χ2v) is 3.21. The van der Waals surface area contributed by atoms with Gasteiger partial charge in [-0.2, -0.15) is 0 Å². The minimum atomic E-state index is -4.67. The number of anilines is 1. The van der Waals surface area contributed by atoms with Gasteiger partial charge in [0.05, 0.1) is 6.20 Å². The van der Waals surface area contributed by atoms with Gasteiger partial charge in [0.2, 0.25) is 0 Å². The van der Waals surface area contributed by atoms with Gasteiger partial charge in [0.15, 0.2) is 0 Å². The molecule has 6 heteroatoms. The van der Waals surface area contributed by atoms with Gasteiger partial charge in [0.25, 0.3) is 0 Å². The van der Waals surface area contributed by atoms with Crippen molar-refractivity contribution in [2.75, 3.05) is 11.9 Å². The summed E-state index contributed by atoms with van der Waals surface area (Å²) in [5.41, 5.74) is 0. The van der Waals surface area contributed by atoms with Gasteiger partial charge in [-0.25, -0.2) is 4.98 Å². The minimum Gasteiger partial charge on any atom is -0.404 e. The van der Waals surface area contributed by atoms with E-state index < -0.39 is 6.36 Å². The molecule has 0 aliphatic heterocycles. The number of alkyl halides is 3. The highest BCUT2D eigenvalue weighted by Crippen LogP contribution is 2.22. The van der Waals surface area contributed by atoms with Crippen LogP contribution in [0.15, 0.2) is 18.3 Å². The predicted molar refractivity (Wildman–Crippen MR) is 54.3 cm³/mol. The minimum absolute atomic E-state index is 0.312. The lowest BCUT2D eigenvalue weighted by Crippen LogP contribution is -2.17. The van der Waals surface area contributed by atoms with Crippen LogP contribution in [-0.2, 0) is 0 Å². The Morgan fingerprint density at radius 2 is 2.12 bits per heavy atom. The Balaban J connectivity index is 2.48. The lowest BCUT2D eigenvalue weighted by atomic mass is 10.3. The fraction of sp³-hybridized carbons (Fsp3) is 0.500. The maximum Gasteiger partial charge on any atom is 0.573 e. The Bertz CT molecular complexity index is 311. The number of rotatable bonds is 5. The van der Waals surface area contributed by atoms with E-state index in [0.717, 1.165) is 25.6 Å². The Morgan fingerprint density at radius 3 is 2.62 bits per heavy atom. The van der Waals surface area contributed by atoms with Crippen molar-refractivity contribution in [3.05, 3.63) is 18.3 Å². The smallest absolute Gasteiger partial charge is 0.404 e. The summed E-state index contributed by atoms with van der Waals surface area (Å²) >= 11 is 0. The maximum absolute atomic E-state index is 11.8. The molecule has 0 saturated carbocycles. The van der Waals surface area contributed by atoms with Gasteiger partial charge in [-0.05, 0) is 18.6 Å². The quantitative estimate of drug-likeness (QED) is 0.794. The van der Waals surface area contributed by atoms with Crippen molar-refractivity contribution in [3.8, 4) is 5.75 Å². The van der Waals surface area contributed by atoms with E-state index in [-0.39, 0.29) is 5.75 Å². The van der Waals surface area contributed by atoms with Crippen LogP contribution in [0.25, 0.3) is 0 Å². The lowest BCUT2D eigenvalue weighted by Gasteiger charge is -2.09. The van der Waals surface area contributed by atoms with Gasteiger partial charge < -0.3 is 10.1 Å². The van der Waals surface area contributed by atoms with Gasteiger partial charge >= 0.3 is 6.36 Å².